The summed E-state index contributed by atoms with van der Waals surface area (Å²) in [7, 11) is 16.8. The quantitative estimate of drug-likeness (QED) is 0.281. The fourth-order valence-electron chi connectivity index (χ4n) is 6.66. The van der Waals surface area contributed by atoms with E-state index >= 15 is 0 Å². The molecule has 4 rings (SSSR count). The molecule has 2 aromatic rings. The summed E-state index contributed by atoms with van der Waals surface area (Å²) in [5.74, 6) is -0.638. The first-order valence-corrected chi connectivity index (χ1v) is 29.5. The van der Waals surface area contributed by atoms with E-state index in [2.05, 4.69) is 103 Å². The Hall–Kier alpha value is -0.400. The average molecular weight is 592 g/mol. The van der Waals surface area contributed by atoms with Crippen molar-refractivity contribution in [3.8, 4) is 0 Å². The molecular formula is C30H41Cl2SiZr. The Labute approximate surface area is 216 Å². The summed E-state index contributed by atoms with van der Waals surface area (Å²) in [5.41, 5.74) is 11.5. The number of fused-ring (bicyclic) bond motifs is 2. The molecule has 0 bridgehead atoms. The second-order valence-electron chi connectivity index (χ2n) is 11.4. The SMILES string of the molecule is CCc1cccc2c1C=C(C(C)C)[CH]2[Zr]([Cl])([Cl])([CH]1C(C(C)C)=Cc2c(CC)cccc21)[SiH](C)C. The summed E-state index contributed by atoms with van der Waals surface area (Å²) in [6.45, 7) is 18.7. The van der Waals surface area contributed by atoms with Crippen LogP contribution >= 0.6 is 17.0 Å². The van der Waals surface area contributed by atoms with Crippen LogP contribution in [0.1, 0.15) is 82.2 Å². The molecule has 0 aromatic heterocycles. The number of halogens is 2. The van der Waals surface area contributed by atoms with Crippen molar-refractivity contribution in [3.63, 3.8) is 0 Å². The molecular weight excluding hydrogens is 551 g/mol. The fraction of sp³-hybridized carbons (Fsp3) is 0.467. The van der Waals surface area contributed by atoms with Crippen LogP contribution in [0.2, 0.25) is 13.1 Å². The summed E-state index contributed by atoms with van der Waals surface area (Å²) in [6, 6.07) is 13.7. The van der Waals surface area contributed by atoms with Crippen molar-refractivity contribution in [3.05, 3.63) is 80.9 Å². The van der Waals surface area contributed by atoms with Gasteiger partial charge in [0.15, 0.2) is 0 Å². The van der Waals surface area contributed by atoms with Gasteiger partial charge in [-0.15, -0.1) is 0 Å². The zero-order valence-corrected chi connectivity index (χ0v) is 27.3. The van der Waals surface area contributed by atoms with Crippen molar-refractivity contribution in [1.82, 2.24) is 0 Å². The Morgan fingerprint density at radius 3 is 1.41 bits per heavy atom. The number of hydrogen-bond acceptors (Lipinski definition) is 0. The molecule has 0 nitrogen and oxygen atoms in total. The maximum atomic E-state index is 8.42. The molecule has 0 radical (unpaired) electrons. The third-order valence-corrected chi connectivity index (χ3v) is 60.3. The molecule has 4 heteroatoms. The van der Waals surface area contributed by atoms with Crippen LogP contribution in [0.25, 0.3) is 12.2 Å². The maximum absolute atomic E-state index is 8.42. The van der Waals surface area contributed by atoms with Gasteiger partial charge in [0, 0.05) is 0 Å². The second kappa shape index (κ2) is 9.48. The monoisotopic (exact) mass is 589 g/mol. The van der Waals surface area contributed by atoms with E-state index in [0.29, 0.717) is 11.8 Å². The second-order valence-corrected chi connectivity index (χ2v) is 53.9. The van der Waals surface area contributed by atoms with Gasteiger partial charge in [0.25, 0.3) is 0 Å². The zero-order valence-electron chi connectivity index (χ0n) is 22.2. The molecule has 0 saturated heterocycles. The molecule has 2 unspecified atom stereocenters. The van der Waals surface area contributed by atoms with Gasteiger partial charge in [-0.25, -0.2) is 0 Å². The first-order valence-electron chi connectivity index (χ1n) is 13.2. The molecule has 0 heterocycles. The molecule has 2 aliphatic carbocycles. The van der Waals surface area contributed by atoms with Gasteiger partial charge in [-0.2, -0.15) is 0 Å². The number of allylic oxidation sites excluding steroid dienone is 2. The van der Waals surface area contributed by atoms with Gasteiger partial charge < -0.3 is 0 Å². The normalized spacial score (nSPS) is 20.9. The molecule has 0 fully saturated rings. The van der Waals surface area contributed by atoms with Gasteiger partial charge in [0.05, 0.1) is 0 Å². The summed E-state index contributed by atoms with van der Waals surface area (Å²) in [4.78, 5) is 0. The van der Waals surface area contributed by atoms with E-state index in [1.165, 1.54) is 44.5 Å². The zero-order chi connectivity index (χ0) is 25.0. The third-order valence-electron chi connectivity index (χ3n) is 8.67. The Balaban J connectivity index is 2.07. The minimum atomic E-state index is -4.59. The average Bonchev–Trinajstić information content (AvgIpc) is 3.39. The van der Waals surface area contributed by atoms with E-state index in [4.69, 9.17) is 17.0 Å². The van der Waals surface area contributed by atoms with Crippen LogP contribution in [-0.2, 0) is 28.4 Å². The molecule has 0 aliphatic heterocycles. The number of hydrogen-bond donors (Lipinski definition) is 0. The number of benzene rings is 2. The molecule has 183 valence electrons. The Morgan fingerprint density at radius 1 is 0.735 bits per heavy atom. The van der Waals surface area contributed by atoms with Crippen LogP contribution in [0.15, 0.2) is 47.5 Å². The third kappa shape index (κ3) is 3.86. The van der Waals surface area contributed by atoms with E-state index in [1.807, 2.05) is 0 Å². The summed E-state index contributed by atoms with van der Waals surface area (Å²) >= 11 is -4.59. The molecule has 0 spiro atoms. The topological polar surface area (TPSA) is 0 Å². The first-order chi connectivity index (χ1) is 16.0. The van der Waals surface area contributed by atoms with Gasteiger partial charge in [0.1, 0.15) is 0 Å². The molecule has 0 saturated carbocycles. The first kappa shape index (κ1) is 26.7. The van der Waals surface area contributed by atoms with Gasteiger partial charge in [-0.1, -0.05) is 0 Å². The van der Waals surface area contributed by atoms with E-state index in [0.717, 1.165) is 12.8 Å². The van der Waals surface area contributed by atoms with Crippen LogP contribution in [0.3, 0.4) is 0 Å². The van der Waals surface area contributed by atoms with Crippen LogP contribution in [-0.4, -0.2) is 5.92 Å². The number of rotatable bonds is 7. The van der Waals surface area contributed by atoms with Crippen LogP contribution in [0.4, 0.5) is 0 Å². The van der Waals surface area contributed by atoms with Crippen molar-refractivity contribution in [2.24, 2.45) is 11.8 Å². The standard InChI is InChI=1S/2C14H17.C2H7Si.2ClH.Zr/c2*1-4-11-6-5-7-12-8-13(10(2)3)9-14(11)12;1-3-2;;;/h2*5-10H,4H2,1-3H3;3H,1-2H3;2*1H;/q;;;;;+2/p-2. The molecule has 2 atom stereocenters. The molecule has 34 heavy (non-hydrogen) atoms. The van der Waals surface area contributed by atoms with Crippen LogP contribution in [0, 0.1) is 11.8 Å². The van der Waals surface area contributed by atoms with Crippen molar-refractivity contribution >= 4 is 35.1 Å². The van der Waals surface area contributed by atoms with E-state index in [9.17, 15) is 0 Å². The predicted molar refractivity (Wildman–Crippen MR) is 153 cm³/mol. The van der Waals surface area contributed by atoms with Gasteiger partial charge in [-0.05, 0) is 0 Å². The molecule has 2 aromatic carbocycles. The molecule has 2 aliphatic rings. The molecule has 0 amide bonds. The van der Waals surface area contributed by atoms with Gasteiger partial charge in [0.2, 0.25) is 0 Å². The predicted octanol–water partition coefficient (Wildman–Crippen LogP) is 9.68. The summed E-state index contributed by atoms with van der Waals surface area (Å²) < 4.78 is 0.391. The summed E-state index contributed by atoms with van der Waals surface area (Å²) in [6.07, 6.45) is 7.04. The van der Waals surface area contributed by atoms with Crippen molar-refractivity contribution in [2.75, 3.05) is 0 Å². The van der Waals surface area contributed by atoms with Gasteiger partial charge in [-0.3, -0.25) is 0 Å². The number of aryl methyl sites for hydroxylation is 2. The Morgan fingerprint density at radius 2 is 1.12 bits per heavy atom. The van der Waals surface area contributed by atoms with E-state index in [1.54, 1.807) is 0 Å². The van der Waals surface area contributed by atoms with Crippen molar-refractivity contribution in [1.29, 1.82) is 0 Å². The van der Waals surface area contributed by atoms with Crippen LogP contribution in [0.5, 0.6) is 0 Å². The molecule has 0 N–H and O–H groups in total. The van der Waals surface area contributed by atoms with Crippen molar-refractivity contribution < 1.29 is 15.6 Å². The van der Waals surface area contributed by atoms with Gasteiger partial charge >= 0.3 is 218 Å². The van der Waals surface area contributed by atoms with Crippen LogP contribution < -0.4 is 0 Å². The summed E-state index contributed by atoms with van der Waals surface area (Å²) in [5, 5.41) is 0. The Bertz CT molecular complexity index is 1090. The van der Waals surface area contributed by atoms with E-state index in [-0.39, 0.29) is 7.25 Å². The minimum absolute atomic E-state index is 0.196. The fourth-order valence-corrected chi connectivity index (χ4v) is 38.1. The Kier molecular flexibility index (Phi) is 7.43. The van der Waals surface area contributed by atoms with E-state index < -0.39 is 21.5 Å². The van der Waals surface area contributed by atoms with Crippen molar-refractivity contribution in [2.45, 2.75) is 74.7 Å².